The molecule has 2 heterocycles. The maximum atomic E-state index is 11.6. The Morgan fingerprint density at radius 2 is 2.23 bits per heavy atom. The summed E-state index contributed by atoms with van der Waals surface area (Å²) in [6, 6.07) is 10.2. The molecule has 0 saturated carbocycles. The van der Waals surface area contributed by atoms with Crippen LogP contribution >= 0.6 is 23.1 Å². The van der Waals surface area contributed by atoms with Crippen LogP contribution in [-0.4, -0.2) is 28.1 Å². The maximum absolute atomic E-state index is 11.6. The fourth-order valence-corrected chi connectivity index (χ4v) is 3.93. The van der Waals surface area contributed by atoms with Gasteiger partial charge < -0.3 is 10.2 Å². The third-order valence-electron chi connectivity index (χ3n) is 3.29. The number of rotatable bonds is 4. The van der Waals surface area contributed by atoms with E-state index in [-0.39, 0.29) is 5.91 Å². The van der Waals surface area contributed by atoms with Crippen LogP contribution in [0.4, 0.5) is 5.13 Å². The van der Waals surface area contributed by atoms with Crippen molar-refractivity contribution in [2.45, 2.75) is 13.5 Å². The molecule has 1 N–H and O–H groups in total. The molecular formula is C16H17N3OS2. The van der Waals surface area contributed by atoms with Crippen LogP contribution in [0, 0.1) is 0 Å². The Balaban J connectivity index is 1.65. The van der Waals surface area contributed by atoms with E-state index in [0.29, 0.717) is 0 Å². The van der Waals surface area contributed by atoms with Gasteiger partial charge in [0, 0.05) is 31.1 Å². The first kappa shape index (κ1) is 15.1. The molecule has 22 heavy (non-hydrogen) atoms. The zero-order chi connectivity index (χ0) is 15.4. The van der Waals surface area contributed by atoms with Gasteiger partial charge in [-0.25, -0.2) is 4.98 Å². The van der Waals surface area contributed by atoms with E-state index in [1.165, 1.54) is 5.56 Å². The Morgan fingerprint density at radius 1 is 1.41 bits per heavy atom. The number of hydrogen-bond acceptors (Lipinski definition) is 5. The number of benzene rings is 1. The van der Waals surface area contributed by atoms with Crippen LogP contribution in [0.3, 0.4) is 0 Å². The minimum absolute atomic E-state index is 0.0916. The van der Waals surface area contributed by atoms with Gasteiger partial charge in [-0.2, -0.15) is 0 Å². The standard InChI is InChI=1S/C16H17N3OS2/c1-12(20)19-7-8-21-15(19)9-14-11-22-16(18-14)17-10-13-5-3-2-4-6-13/h2-6,9,11H,7-8,10H2,1H3,(H,17,18)/b15-9+. The minimum atomic E-state index is 0.0916. The van der Waals surface area contributed by atoms with Crippen molar-refractivity contribution in [2.24, 2.45) is 0 Å². The number of aromatic nitrogens is 1. The lowest BCUT2D eigenvalue weighted by atomic mass is 10.2. The van der Waals surface area contributed by atoms with E-state index in [9.17, 15) is 4.79 Å². The van der Waals surface area contributed by atoms with Gasteiger partial charge >= 0.3 is 0 Å². The number of thiazole rings is 1. The number of carbonyl (C=O) groups is 1. The van der Waals surface area contributed by atoms with Gasteiger partial charge in [-0.3, -0.25) is 4.79 Å². The highest BCUT2D eigenvalue weighted by Gasteiger charge is 2.21. The summed E-state index contributed by atoms with van der Waals surface area (Å²) in [5, 5.41) is 7.23. The lowest BCUT2D eigenvalue weighted by molar-refractivity contribution is -0.126. The van der Waals surface area contributed by atoms with Crippen molar-refractivity contribution in [3.05, 3.63) is 52.0 Å². The van der Waals surface area contributed by atoms with Crippen molar-refractivity contribution in [3.63, 3.8) is 0 Å². The summed E-state index contributed by atoms with van der Waals surface area (Å²) >= 11 is 3.29. The van der Waals surface area contributed by atoms with Crippen LogP contribution in [0.2, 0.25) is 0 Å². The van der Waals surface area contributed by atoms with Gasteiger partial charge in [-0.15, -0.1) is 23.1 Å². The first-order valence-corrected chi connectivity index (χ1v) is 8.95. The number of nitrogens with one attached hydrogen (secondary N) is 1. The Labute approximate surface area is 138 Å². The molecule has 6 heteroatoms. The maximum Gasteiger partial charge on any atom is 0.224 e. The molecule has 1 aliphatic heterocycles. The quantitative estimate of drug-likeness (QED) is 0.929. The third-order valence-corrected chi connectivity index (χ3v) is 5.13. The molecule has 1 aliphatic rings. The second-order valence-corrected chi connectivity index (χ2v) is 6.89. The smallest absolute Gasteiger partial charge is 0.224 e. The van der Waals surface area contributed by atoms with Crippen molar-refractivity contribution in [1.82, 2.24) is 9.88 Å². The lowest BCUT2D eigenvalue weighted by Crippen LogP contribution is -2.23. The molecule has 0 atom stereocenters. The Kier molecular flexibility index (Phi) is 4.80. The molecule has 1 saturated heterocycles. The average molecular weight is 331 g/mol. The van der Waals surface area contributed by atoms with Gasteiger partial charge in [-0.1, -0.05) is 30.3 Å². The van der Waals surface area contributed by atoms with Crippen LogP contribution in [0.5, 0.6) is 0 Å². The largest absolute Gasteiger partial charge is 0.357 e. The number of thioether (sulfide) groups is 1. The number of amides is 1. The van der Waals surface area contributed by atoms with Crippen LogP contribution in [0.1, 0.15) is 18.2 Å². The SMILES string of the molecule is CC(=O)N1CCS/C1=C/c1csc(NCc2ccccc2)n1. The zero-order valence-electron chi connectivity index (χ0n) is 12.3. The minimum Gasteiger partial charge on any atom is -0.357 e. The second-order valence-electron chi connectivity index (χ2n) is 4.92. The molecule has 1 fully saturated rings. The fraction of sp³-hybridized carbons (Fsp3) is 0.250. The van der Waals surface area contributed by atoms with Crippen LogP contribution in [0.25, 0.3) is 6.08 Å². The Morgan fingerprint density at radius 3 is 3.00 bits per heavy atom. The van der Waals surface area contributed by atoms with Crippen LogP contribution in [0.15, 0.2) is 40.7 Å². The average Bonchev–Trinajstić information content (AvgIpc) is 3.16. The molecule has 0 bridgehead atoms. The van der Waals surface area contributed by atoms with Gasteiger partial charge in [0.15, 0.2) is 5.13 Å². The highest BCUT2D eigenvalue weighted by Crippen LogP contribution is 2.30. The van der Waals surface area contributed by atoms with E-state index in [1.807, 2.05) is 29.7 Å². The van der Waals surface area contributed by atoms with Gasteiger partial charge in [-0.05, 0) is 11.6 Å². The van der Waals surface area contributed by atoms with Crippen molar-refractivity contribution < 1.29 is 4.79 Å². The summed E-state index contributed by atoms with van der Waals surface area (Å²) in [6.45, 7) is 3.15. The Hall–Kier alpha value is -1.79. The highest BCUT2D eigenvalue weighted by molar-refractivity contribution is 8.03. The summed E-state index contributed by atoms with van der Waals surface area (Å²) < 4.78 is 0. The molecule has 2 aromatic rings. The molecule has 3 rings (SSSR count). The number of nitrogens with zero attached hydrogens (tertiary/aromatic N) is 2. The molecule has 114 valence electrons. The predicted octanol–water partition coefficient (Wildman–Crippen LogP) is 3.65. The van der Waals surface area contributed by atoms with Crippen LogP contribution in [-0.2, 0) is 11.3 Å². The summed E-state index contributed by atoms with van der Waals surface area (Å²) in [4.78, 5) is 17.9. The first-order valence-electron chi connectivity index (χ1n) is 7.08. The number of carbonyl (C=O) groups excluding carboxylic acids is 1. The topological polar surface area (TPSA) is 45.2 Å². The molecule has 4 nitrogen and oxygen atoms in total. The Bertz CT molecular complexity index is 682. The molecule has 1 aromatic heterocycles. The summed E-state index contributed by atoms with van der Waals surface area (Å²) in [5.74, 6) is 1.04. The van der Waals surface area contributed by atoms with Crippen molar-refractivity contribution in [1.29, 1.82) is 0 Å². The molecule has 1 amide bonds. The van der Waals surface area contributed by atoms with Gasteiger partial charge in [0.1, 0.15) is 0 Å². The fourth-order valence-electron chi connectivity index (χ4n) is 2.20. The van der Waals surface area contributed by atoms with Crippen molar-refractivity contribution >= 4 is 40.2 Å². The van der Waals surface area contributed by atoms with E-state index >= 15 is 0 Å². The monoisotopic (exact) mass is 331 g/mol. The zero-order valence-corrected chi connectivity index (χ0v) is 13.9. The molecule has 0 aliphatic carbocycles. The lowest BCUT2D eigenvalue weighted by Gasteiger charge is -2.13. The van der Waals surface area contributed by atoms with E-state index in [2.05, 4.69) is 22.4 Å². The normalized spacial score (nSPS) is 16.2. The second kappa shape index (κ2) is 6.98. The molecule has 1 aromatic carbocycles. The van der Waals surface area contributed by atoms with Crippen LogP contribution < -0.4 is 5.32 Å². The van der Waals surface area contributed by atoms with Gasteiger partial charge in [0.2, 0.25) is 5.91 Å². The highest BCUT2D eigenvalue weighted by atomic mass is 32.2. The van der Waals surface area contributed by atoms with Gasteiger partial charge in [0.05, 0.1) is 10.7 Å². The number of anilines is 1. The van der Waals surface area contributed by atoms with E-state index in [0.717, 1.165) is 34.7 Å². The summed E-state index contributed by atoms with van der Waals surface area (Å²) in [7, 11) is 0. The van der Waals surface area contributed by atoms with E-state index in [1.54, 1.807) is 34.9 Å². The van der Waals surface area contributed by atoms with Crippen molar-refractivity contribution in [3.8, 4) is 0 Å². The molecular weight excluding hydrogens is 314 g/mol. The molecule has 0 unspecified atom stereocenters. The summed E-state index contributed by atoms with van der Waals surface area (Å²) in [5.41, 5.74) is 2.13. The van der Waals surface area contributed by atoms with Crippen molar-refractivity contribution in [2.75, 3.05) is 17.6 Å². The molecule has 0 radical (unpaired) electrons. The summed E-state index contributed by atoms with van der Waals surface area (Å²) in [6.07, 6.45) is 1.99. The predicted molar refractivity (Wildman–Crippen MR) is 93.7 cm³/mol. The molecule has 0 spiro atoms. The third kappa shape index (κ3) is 3.69. The number of hydrogen-bond donors (Lipinski definition) is 1. The van der Waals surface area contributed by atoms with Gasteiger partial charge in [0.25, 0.3) is 0 Å². The first-order chi connectivity index (χ1) is 10.7. The van der Waals surface area contributed by atoms with E-state index in [4.69, 9.17) is 0 Å². The van der Waals surface area contributed by atoms with E-state index < -0.39 is 0 Å².